The van der Waals surface area contributed by atoms with Gasteiger partial charge in [-0.1, -0.05) is 13.8 Å². The van der Waals surface area contributed by atoms with Crippen molar-refractivity contribution in [2.24, 2.45) is 34.5 Å². The first-order valence-corrected chi connectivity index (χ1v) is 14.7. The van der Waals surface area contributed by atoms with Gasteiger partial charge in [0.05, 0.1) is 23.9 Å². The van der Waals surface area contributed by atoms with E-state index in [1.807, 2.05) is 6.92 Å². The standard InChI is InChI=1S/C30H46O7/c1-17-27(32)24(34-4)15-26(36-17)37-20-7-10-28(2)19(14-20)5-6-23-22(28)8-11-29(3)21(9-12-30(23,29)33)18-13-25(31)35-16-18/h13,17,19-24,26-27,32-33H,5-12,14-16H2,1-4H3/t17-,19+,20+,21-,22+,23-,24+,26+,27-,28+,29-,30-/m1/s1. The van der Waals surface area contributed by atoms with Crippen LogP contribution < -0.4 is 0 Å². The predicted molar refractivity (Wildman–Crippen MR) is 136 cm³/mol. The number of hydrogen-bond acceptors (Lipinski definition) is 7. The average Bonchev–Trinajstić information content (AvgIpc) is 3.41. The lowest BCUT2D eigenvalue weighted by molar-refractivity contribution is -0.273. The molecule has 12 atom stereocenters. The first-order valence-electron chi connectivity index (χ1n) is 14.7. The van der Waals surface area contributed by atoms with E-state index in [1.165, 1.54) is 0 Å². The van der Waals surface area contributed by atoms with Crippen LogP contribution >= 0.6 is 0 Å². The van der Waals surface area contributed by atoms with Crippen molar-refractivity contribution in [1.29, 1.82) is 0 Å². The van der Waals surface area contributed by atoms with E-state index in [1.54, 1.807) is 13.2 Å². The molecule has 6 aliphatic rings. The number of ether oxygens (including phenoxy) is 4. The summed E-state index contributed by atoms with van der Waals surface area (Å²) in [6.07, 6.45) is 10.2. The third-order valence-corrected chi connectivity index (χ3v) is 12.2. The fraction of sp³-hybridized carbons (Fsp3) is 0.900. The van der Waals surface area contributed by atoms with Crippen molar-refractivity contribution in [3.05, 3.63) is 11.6 Å². The van der Waals surface area contributed by atoms with Crippen LogP contribution in [0.5, 0.6) is 0 Å². The van der Waals surface area contributed by atoms with Gasteiger partial charge in [-0.05, 0) is 99.4 Å². The molecule has 4 saturated carbocycles. The van der Waals surface area contributed by atoms with Gasteiger partial charge < -0.3 is 29.2 Å². The van der Waals surface area contributed by atoms with Crippen LogP contribution in [0.1, 0.15) is 85.0 Å². The van der Waals surface area contributed by atoms with Crippen molar-refractivity contribution < 1.29 is 34.0 Å². The first-order chi connectivity index (χ1) is 17.6. The average molecular weight is 519 g/mol. The van der Waals surface area contributed by atoms with E-state index < -0.39 is 11.7 Å². The highest BCUT2D eigenvalue weighted by molar-refractivity contribution is 5.85. The molecule has 2 N–H and O–H groups in total. The van der Waals surface area contributed by atoms with Crippen molar-refractivity contribution in [2.75, 3.05) is 13.7 Å². The van der Waals surface area contributed by atoms with Gasteiger partial charge >= 0.3 is 5.97 Å². The molecule has 0 bridgehead atoms. The Morgan fingerprint density at radius 2 is 1.84 bits per heavy atom. The summed E-state index contributed by atoms with van der Waals surface area (Å²) in [4.78, 5) is 11.8. The van der Waals surface area contributed by atoms with Gasteiger partial charge in [0.25, 0.3) is 0 Å². The molecular weight excluding hydrogens is 472 g/mol. The maximum atomic E-state index is 12.4. The zero-order valence-corrected chi connectivity index (χ0v) is 23.0. The Bertz CT molecular complexity index is 935. The van der Waals surface area contributed by atoms with Gasteiger partial charge in [0.15, 0.2) is 6.29 Å². The Balaban J connectivity index is 1.15. The molecule has 0 amide bonds. The highest BCUT2D eigenvalue weighted by Crippen LogP contribution is 2.70. The molecule has 0 spiro atoms. The zero-order valence-electron chi connectivity index (χ0n) is 23.0. The third kappa shape index (κ3) is 3.97. The van der Waals surface area contributed by atoms with Gasteiger partial charge in [0.2, 0.25) is 0 Å². The molecule has 7 heteroatoms. The van der Waals surface area contributed by atoms with Gasteiger partial charge in [-0.3, -0.25) is 0 Å². The molecule has 5 fully saturated rings. The van der Waals surface area contributed by atoms with Crippen molar-refractivity contribution in [2.45, 2.75) is 121 Å². The largest absolute Gasteiger partial charge is 0.458 e. The van der Waals surface area contributed by atoms with Crippen LogP contribution in [0, 0.1) is 34.5 Å². The van der Waals surface area contributed by atoms with Crippen molar-refractivity contribution in [3.8, 4) is 0 Å². The Morgan fingerprint density at radius 1 is 1.03 bits per heavy atom. The number of carbonyl (C=O) groups is 1. The number of hydrogen-bond donors (Lipinski definition) is 2. The lowest BCUT2D eigenvalue weighted by atomic mass is 9.43. The molecule has 2 heterocycles. The minimum atomic E-state index is -0.670. The monoisotopic (exact) mass is 518 g/mol. The van der Waals surface area contributed by atoms with E-state index >= 15 is 0 Å². The maximum absolute atomic E-state index is 12.4. The molecule has 0 unspecified atom stereocenters. The molecule has 208 valence electrons. The number of aliphatic hydroxyl groups is 2. The lowest BCUT2D eigenvalue weighted by Crippen LogP contribution is -2.62. The fourth-order valence-electron chi connectivity index (χ4n) is 10.0. The Morgan fingerprint density at radius 3 is 2.57 bits per heavy atom. The summed E-state index contributed by atoms with van der Waals surface area (Å²) in [5.74, 6) is 1.45. The number of esters is 1. The van der Waals surface area contributed by atoms with Crippen molar-refractivity contribution >= 4 is 5.97 Å². The SMILES string of the molecule is CO[C@H]1C[C@H](O[C@H]2CC[C@@]3(C)[C@@H](CC[C@@H]4[C@@H]3CC[C@]3(C)[C@@H](C5=CC(=O)OC5)CC[C@@]43O)C2)O[C@H](C)[C@H]1O. The van der Waals surface area contributed by atoms with Crippen LogP contribution in [0.3, 0.4) is 0 Å². The van der Waals surface area contributed by atoms with E-state index in [-0.39, 0.29) is 47.3 Å². The highest BCUT2D eigenvalue weighted by Gasteiger charge is 2.67. The number of cyclic esters (lactones) is 1. The van der Waals surface area contributed by atoms with Crippen LogP contribution in [0.4, 0.5) is 0 Å². The van der Waals surface area contributed by atoms with E-state index in [4.69, 9.17) is 18.9 Å². The van der Waals surface area contributed by atoms with Gasteiger partial charge in [0.1, 0.15) is 12.7 Å². The summed E-state index contributed by atoms with van der Waals surface area (Å²) in [5, 5.41) is 22.7. The lowest BCUT2D eigenvalue weighted by Gasteiger charge is -2.64. The molecule has 6 rings (SSSR count). The third-order valence-electron chi connectivity index (χ3n) is 12.2. The molecule has 0 aromatic carbocycles. The molecule has 7 nitrogen and oxygen atoms in total. The Hall–Kier alpha value is -0.990. The molecule has 1 saturated heterocycles. The summed E-state index contributed by atoms with van der Waals surface area (Å²) in [6.45, 7) is 7.07. The minimum absolute atomic E-state index is 0.166. The summed E-state index contributed by atoms with van der Waals surface area (Å²) in [7, 11) is 1.64. The second-order valence-corrected chi connectivity index (χ2v) is 13.6. The predicted octanol–water partition coefficient (Wildman–Crippen LogP) is 4.14. The van der Waals surface area contributed by atoms with Crippen LogP contribution in [-0.4, -0.2) is 66.2 Å². The van der Waals surface area contributed by atoms with Crippen LogP contribution in [-0.2, 0) is 23.7 Å². The smallest absolute Gasteiger partial charge is 0.331 e. The van der Waals surface area contributed by atoms with Crippen LogP contribution in [0.2, 0.25) is 0 Å². The van der Waals surface area contributed by atoms with E-state index in [9.17, 15) is 15.0 Å². The second kappa shape index (κ2) is 9.29. The zero-order chi connectivity index (χ0) is 26.2. The first kappa shape index (κ1) is 26.2. The second-order valence-electron chi connectivity index (χ2n) is 13.6. The maximum Gasteiger partial charge on any atom is 0.331 e. The number of methoxy groups -OCH3 is 1. The van der Waals surface area contributed by atoms with Crippen LogP contribution in [0.25, 0.3) is 0 Å². The van der Waals surface area contributed by atoms with Gasteiger partial charge in [0, 0.05) is 25.0 Å². The molecular formula is C30H46O7. The van der Waals surface area contributed by atoms with Gasteiger partial charge in [-0.15, -0.1) is 0 Å². The quantitative estimate of drug-likeness (QED) is 0.427. The highest BCUT2D eigenvalue weighted by atomic mass is 16.7. The fourth-order valence-corrected chi connectivity index (χ4v) is 10.0. The Kier molecular flexibility index (Phi) is 6.59. The number of fused-ring (bicyclic) bond motifs is 5. The van der Waals surface area contributed by atoms with Gasteiger partial charge in [-0.25, -0.2) is 4.79 Å². The topological polar surface area (TPSA) is 94.5 Å². The molecule has 37 heavy (non-hydrogen) atoms. The normalized spacial score (nSPS) is 53.6. The minimum Gasteiger partial charge on any atom is -0.458 e. The molecule has 0 radical (unpaired) electrons. The molecule has 0 aromatic heterocycles. The summed E-state index contributed by atoms with van der Waals surface area (Å²) in [5.41, 5.74) is 0.461. The van der Waals surface area contributed by atoms with E-state index in [2.05, 4.69) is 13.8 Å². The van der Waals surface area contributed by atoms with Crippen molar-refractivity contribution in [3.63, 3.8) is 0 Å². The van der Waals surface area contributed by atoms with Crippen LogP contribution in [0.15, 0.2) is 11.6 Å². The van der Waals surface area contributed by atoms with E-state index in [0.29, 0.717) is 30.8 Å². The van der Waals surface area contributed by atoms with Gasteiger partial charge in [-0.2, -0.15) is 0 Å². The molecule has 2 aliphatic heterocycles. The van der Waals surface area contributed by atoms with Crippen molar-refractivity contribution in [1.82, 2.24) is 0 Å². The number of aliphatic hydroxyl groups excluding tert-OH is 1. The molecule has 4 aliphatic carbocycles. The number of rotatable bonds is 4. The molecule has 0 aromatic rings. The summed E-state index contributed by atoms with van der Waals surface area (Å²) >= 11 is 0. The van der Waals surface area contributed by atoms with E-state index in [0.717, 1.165) is 63.4 Å². The Labute approximate surface area is 221 Å². The summed E-state index contributed by atoms with van der Waals surface area (Å²) in [6, 6.07) is 0. The summed E-state index contributed by atoms with van der Waals surface area (Å²) < 4.78 is 23.2. The number of carbonyl (C=O) groups excluding carboxylic acids is 1.